The van der Waals surface area contributed by atoms with E-state index < -0.39 is 22.8 Å². The summed E-state index contributed by atoms with van der Waals surface area (Å²) in [6, 6.07) is 0.311. The van der Waals surface area contributed by atoms with Crippen LogP contribution in [0.4, 0.5) is 0 Å². The number of fused-ring (bicyclic) bond motifs is 3. The number of carbonyl (C=O) groups is 1. The number of aromatic hydroxyl groups is 1. The Kier molecular flexibility index (Phi) is 4.86. The predicted molar refractivity (Wildman–Crippen MR) is 96.6 cm³/mol. The van der Waals surface area contributed by atoms with Crippen LogP contribution in [0.5, 0.6) is 5.75 Å². The summed E-state index contributed by atoms with van der Waals surface area (Å²) in [4.78, 5) is 30.9. The van der Waals surface area contributed by atoms with E-state index in [9.17, 15) is 19.8 Å². The number of aromatic carboxylic acids is 1. The third kappa shape index (κ3) is 3.01. The fraction of sp³-hybridized carbons (Fsp3) is 0.500. The highest BCUT2D eigenvalue weighted by Gasteiger charge is 2.28. The van der Waals surface area contributed by atoms with E-state index in [0.29, 0.717) is 36.0 Å². The molecular formula is C18H24N4O4. The highest BCUT2D eigenvalue weighted by Crippen LogP contribution is 2.35. The van der Waals surface area contributed by atoms with Crippen LogP contribution in [0, 0.1) is 0 Å². The van der Waals surface area contributed by atoms with Crippen LogP contribution in [0.1, 0.15) is 54.6 Å². The maximum absolute atomic E-state index is 12.2. The first-order valence-corrected chi connectivity index (χ1v) is 8.88. The van der Waals surface area contributed by atoms with Gasteiger partial charge >= 0.3 is 5.97 Å². The van der Waals surface area contributed by atoms with Gasteiger partial charge in [-0.05, 0) is 26.2 Å². The molecule has 0 radical (unpaired) electrons. The second-order valence-electron chi connectivity index (χ2n) is 6.79. The van der Waals surface area contributed by atoms with Crippen LogP contribution in [0.2, 0.25) is 0 Å². The lowest BCUT2D eigenvalue weighted by molar-refractivity contribution is 0.0691. The van der Waals surface area contributed by atoms with Gasteiger partial charge in [0.05, 0.1) is 12.2 Å². The van der Waals surface area contributed by atoms with Crippen molar-refractivity contribution in [2.24, 2.45) is 0 Å². The summed E-state index contributed by atoms with van der Waals surface area (Å²) in [5.74, 6) is -1.02. The molecule has 0 bridgehead atoms. The highest BCUT2D eigenvalue weighted by atomic mass is 16.4. The van der Waals surface area contributed by atoms with Crippen molar-refractivity contribution in [1.82, 2.24) is 19.9 Å². The molecule has 0 saturated carbocycles. The molecule has 1 aliphatic rings. The van der Waals surface area contributed by atoms with Crippen LogP contribution in [-0.2, 0) is 25.9 Å². The molecule has 0 atom stereocenters. The SMILES string of the molecule is CCn1c(CNC(C)C)nc2c1CCCc1c-2[nH]c(=O)c(C(=O)O)c1O. The van der Waals surface area contributed by atoms with Crippen LogP contribution >= 0.6 is 0 Å². The van der Waals surface area contributed by atoms with Crippen LogP contribution in [-0.4, -0.2) is 36.8 Å². The zero-order chi connectivity index (χ0) is 19.0. The molecule has 0 aliphatic heterocycles. The molecule has 2 aromatic heterocycles. The molecule has 26 heavy (non-hydrogen) atoms. The summed E-state index contributed by atoms with van der Waals surface area (Å²) < 4.78 is 2.13. The maximum atomic E-state index is 12.2. The smallest absolute Gasteiger partial charge is 0.345 e. The third-order valence-corrected chi connectivity index (χ3v) is 4.72. The maximum Gasteiger partial charge on any atom is 0.345 e. The van der Waals surface area contributed by atoms with Crippen molar-refractivity contribution in [2.45, 2.75) is 59.2 Å². The van der Waals surface area contributed by atoms with Gasteiger partial charge in [-0.1, -0.05) is 13.8 Å². The molecule has 0 aromatic carbocycles. The van der Waals surface area contributed by atoms with E-state index >= 15 is 0 Å². The molecule has 1 aliphatic carbocycles. The molecule has 0 fully saturated rings. The lowest BCUT2D eigenvalue weighted by atomic mass is 10.0. The molecule has 0 spiro atoms. The molecule has 4 N–H and O–H groups in total. The van der Waals surface area contributed by atoms with Crippen LogP contribution < -0.4 is 10.9 Å². The Hall–Kier alpha value is -2.61. The summed E-state index contributed by atoms with van der Waals surface area (Å²) in [6.07, 6.45) is 1.97. The molecular weight excluding hydrogens is 336 g/mol. The van der Waals surface area contributed by atoms with E-state index in [0.717, 1.165) is 30.9 Å². The summed E-state index contributed by atoms with van der Waals surface area (Å²) in [7, 11) is 0. The Morgan fingerprint density at radius 1 is 1.38 bits per heavy atom. The second kappa shape index (κ2) is 6.95. The molecule has 0 saturated heterocycles. The lowest BCUT2D eigenvalue weighted by Crippen LogP contribution is -2.24. The Morgan fingerprint density at radius 3 is 2.73 bits per heavy atom. The van der Waals surface area contributed by atoms with Crippen molar-refractivity contribution < 1.29 is 15.0 Å². The zero-order valence-electron chi connectivity index (χ0n) is 15.2. The van der Waals surface area contributed by atoms with Gasteiger partial charge in [-0.15, -0.1) is 0 Å². The fourth-order valence-electron chi connectivity index (χ4n) is 3.50. The number of rotatable bonds is 5. The number of carboxylic acid groups (broad SMARTS) is 1. The van der Waals surface area contributed by atoms with E-state index in [1.807, 2.05) is 6.92 Å². The quantitative estimate of drug-likeness (QED) is 0.643. The number of hydrogen-bond donors (Lipinski definition) is 4. The summed E-state index contributed by atoms with van der Waals surface area (Å²) in [6.45, 7) is 7.50. The first-order chi connectivity index (χ1) is 12.3. The molecule has 0 amide bonds. The first-order valence-electron chi connectivity index (χ1n) is 8.88. The van der Waals surface area contributed by atoms with Crippen molar-refractivity contribution in [3.8, 4) is 17.1 Å². The number of nitrogens with one attached hydrogen (secondary N) is 2. The van der Waals surface area contributed by atoms with Gasteiger partial charge in [-0.25, -0.2) is 9.78 Å². The highest BCUT2D eigenvalue weighted by molar-refractivity contribution is 5.91. The molecule has 2 aromatic rings. The average Bonchev–Trinajstić information content (AvgIpc) is 2.82. The largest absolute Gasteiger partial charge is 0.506 e. The number of carboxylic acids is 1. The van der Waals surface area contributed by atoms with E-state index in [2.05, 4.69) is 28.7 Å². The van der Waals surface area contributed by atoms with Gasteiger partial charge in [-0.2, -0.15) is 0 Å². The second-order valence-corrected chi connectivity index (χ2v) is 6.79. The standard InChI is InChI=1S/C18H24N4O4/c1-4-22-11-7-5-6-10-14(15(11)20-12(22)8-19-9(2)3)21-17(24)13(16(10)23)18(25)26/h9,19H,4-8H2,1-3H3,(H,25,26)(H2,21,23,24). The predicted octanol–water partition coefficient (Wildman–Crippen LogP) is 1.65. The van der Waals surface area contributed by atoms with Gasteiger partial charge in [0.2, 0.25) is 0 Å². The van der Waals surface area contributed by atoms with Gasteiger partial charge in [0.25, 0.3) is 5.56 Å². The average molecular weight is 360 g/mol. The minimum Gasteiger partial charge on any atom is -0.506 e. The molecule has 8 nitrogen and oxygen atoms in total. The summed E-state index contributed by atoms with van der Waals surface area (Å²) in [5, 5.41) is 23.0. The Bertz CT molecular complexity index is 911. The Balaban J connectivity index is 2.20. The Labute approximate surface area is 150 Å². The van der Waals surface area contributed by atoms with Crippen LogP contribution in [0.3, 0.4) is 0 Å². The molecule has 2 heterocycles. The summed E-state index contributed by atoms with van der Waals surface area (Å²) in [5.41, 5.74) is 1.10. The van der Waals surface area contributed by atoms with Gasteiger partial charge < -0.3 is 25.1 Å². The number of aromatic amines is 1. The lowest BCUT2D eigenvalue weighted by Gasteiger charge is -2.11. The van der Waals surface area contributed by atoms with Gasteiger partial charge in [0.1, 0.15) is 17.3 Å². The number of aromatic nitrogens is 3. The third-order valence-electron chi connectivity index (χ3n) is 4.72. The van der Waals surface area contributed by atoms with Gasteiger partial charge in [0.15, 0.2) is 5.56 Å². The topological polar surface area (TPSA) is 120 Å². The molecule has 0 unspecified atom stereocenters. The van der Waals surface area contributed by atoms with E-state index in [1.165, 1.54) is 0 Å². The Morgan fingerprint density at radius 2 is 2.12 bits per heavy atom. The van der Waals surface area contributed by atoms with Crippen molar-refractivity contribution in [3.05, 3.63) is 33.0 Å². The fourth-order valence-corrected chi connectivity index (χ4v) is 3.50. The minimum atomic E-state index is -1.43. The first kappa shape index (κ1) is 18.2. The van der Waals surface area contributed by atoms with E-state index in [4.69, 9.17) is 4.98 Å². The van der Waals surface area contributed by atoms with Crippen molar-refractivity contribution >= 4 is 5.97 Å². The number of imidazole rings is 1. The normalized spacial score (nSPS) is 13.4. The number of pyridine rings is 1. The monoisotopic (exact) mass is 360 g/mol. The van der Waals surface area contributed by atoms with Crippen LogP contribution in [0.25, 0.3) is 11.4 Å². The van der Waals surface area contributed by atoms with Crippen molar-refractivity contribution in [2.75, 3.05) is 0 Å². The minimum absolute atomic E-state index is 0.311. The van der Waals surface area contributed by atoms with Crippen molar-refractivity contribution in [1.29, 1.82) is 0 Å². The van der Waals surface area contributed by atoms with Gasteiger partial charge in [-0.3, -0.25) is 4.79 Å². The number of hydrogen-bond acceptors (Lipinski definition) is 5. The molecule has 3 rings (SSSR count). The van der Waals surface area contributed by atoms with E-state index in [1.54, 1.807) is 0 Å². The summed E-state index contributed by atoms with van der Waals surface area (Å²) >= 11 is 0. The van der Waals surface area contributed by atoms with Gasteiger partial charge in [0, 0.05) is 23.8 Å². The van der Waals surface area contributed by atoms with Crippen molar-refractivity contribution in [3.63, 3.8) is 0 Å². The number of H-pyrrole nitrogens is 1. The molecule has 8 heteroatoms. The van der Waals surface area contributed by atoms with Crippen LogP contribution in [0.15, 0.2) is 4.79 Å². The number of nitrogens with zero attached hydrogens (tertiary/aromatic N) is 2. The zero-order valence-corrected chi connectivity index (χ0v) is 15.2. The van der Waals surface area contributed by atoms with E-state index in [-0.39, 0.29) is 0 Å². The molecule has 140 valence electrons.